The van der Waals surface area contributed by atoms with Crippen LogP contribution in [0.4, 0.5) is 0 Å². The van der Waals surface area contributed by atoms with E-state index >= 15 is 0 Å². The molecule has 1 fully saturated rings. The van der Waals surface area contributed by atoms with Crippen LogP contribution >= 0.6 is 8.53 Å². The molecule has 0 aromatic heterocycles. The van der Waals surface area contributed by atoms with Gasteiger partial charge in [0, 0.05) is 24.7 Å². The molecule has 1 rings (SSSR count). The van der Waals surface area contributed by atoms with Crippen LogP contribution in [0.1, 0.15) is 54.9 Å². The van der Waals surface area contributed by atoms with Crippen LogP contribution in [0.2, 0.25) is 0 Å². The predicted octanol–water partition coefficient (Wildman–Crippen LogP) is 3.43. The summed E-state index contributed by atoms with van der Waals surface area (Å²) < 4.78 is 12.1. The molecule has 7 heteroatoms. The Morgan fingerprint density at radius 2 is 1.95 bits per heavy atom. The van der Waals surface area contributed by atoms with Crippen LogP contribution < -0.4 is 0 Å². The fourth-order valence-electron chi connectivity index (χ4n) is 1.95. The maximum atomic E-state index is 9.74. The summed E-state index contributed by atoms with van der Waals surface area (Å²) in [5.41, 5.74) is 0. The second-order valence-electron chi connectivity index (χ2n) is 5.66. The second kappa shape index (κ2) is 13.3. The summed E-state index contributed by atoms with van der Waals surface area (Å²) in [6.07, 6.45) is 1.45. The van der Waals surface area contributed by atoms with Crippen molar-refractivity contribution in [2.75, 3.05) is 13.2 Å². The predicted molar refractivity (Wildman–Crippen MR) is 93.4 cm³/mol. The minimum absolute atomic E-state index is 0. The molecule has 3 unspecified atom stereocenters. The molecule has 1 aliphatic heterocycles. The Hall–Kier alpha value is -0.175. The van der Waals surface area contributed by atoms with Crippen molar-refractivity contribution < 1.29 is 14.2 Å². The van der Waals surface area contributed by atoms with Crippen LogP contribution in [0.5, 0.6) is 0 Å². The van der Waals surface area contributed by atoms with Crippen LogP contribution in [0.25, 0.3) is 0 Å². The molecule has 0 aromatic rings. The molecule has 3 atom stereocenters. The highest BCUT2D eigenvalue weighted by atomic mass is 31.2. The van der Waals surface area contributed by atoms with Gasteiger partial charge < -0.3 is 14.2 Å². The van der Waals surface area contributed by atoms with Crippen molar-refractivity contribution in [1.82, 2.24) is 4.67 Å². The molecule has 1 saturated heterocycles. The first-order valence-electron chi connectivity index (χ1n) is 7.45. The molecular weight excluding hydrogens is 298 g/mol. The topological polar surface area (TPSA) is 65.7 Å². The number of nitriles is 1. The molecule has 22 heavy (non-hydrogen) atoms. The normalized spacial score (nSPS) is 22.0. The highest BCUT2D eigenvalue weighted by Gasteiger charge is 2.23. The van der Waals surface area contributed by atoms with Gasteiger partial charge in [0.15, 0.2) is 0 Å². The SMILES string of the molecule is C.CC(C)N(C(C)C)P(O)OCCC#N.[B]C1OCCC1C. The van der Waals surface area contributed by atoms with Gasteiger partial charge in [0.25, 0.3) is 8.53 Å². The fourth-order valence-corrected chi connectivity index (χ4v) is 3.13. The van der Waals surface area contributed by atoms with E-state index in [1.807, 2.05) is 38.4 Å². The first kappa shape index (κ1) is 24.1. The summed E-state index contributed by atoms with van der Waals surface area (Å²) in [6, 6.07) is 2.48. The van der Waals surface area contributed by atoms with Gasteiger partial charge in [-0.15, -0.1) is 0 Å². The highest BCUT2D eigenvalue weighted by molar-refractivity contribution is 7.43. The van der Waals surface area contributed by atoms with Gasteiger partial charge >= 0.3 is 0 Å². The van der Waals surface area contributed by atoms with E-state index in [1.165, 1.54) is 0 Å². The van der Waals surface area contributed by atoms with Gasteiger partial charge in [-0.25, -0.2) is 4.67 Å². The van der Waals surface area contributed by atoms with Crippen molar-refractivity contribution in [3.63, 3.8) is 0 Å². The summed E-state index contributed by atoms with van der Waals surface area (Å²) >= 11 is 0. The maximum Gasteiger partial charge on any atom is 0.256 e. The Balaban J connectivity index is 0. The Morgan fingerprint density at radius 3 is 2.23 bits per heavy atom. The molecule has 1 aliphatic rings. The third-order valence-electron chi connectivity index (χ3n) is 3.12. The third kappa shape index (κ3) is 9.76. The van der Waals surface area contributed by atoms with E-state index in [1.54, 1.807) is 0 Å². The fraction of sp³-hybridized carbons (Fsp3) is 0.933. The summed E-state index contributed by atoms with van der Waals surface area (Å²) in [7, 11) is 3.90. The molecule has 0 bridgehead atoms. The third-order valence-corrected chi connectivity index (χ3v) is 4.85. The number of hydrogen-bond acceptors (Lipinski definition) is 5. The minimum Gasteiger partial charge on any atom is -0.388 e. The lowest BCUT2D eigenvalue weighted by molar-refractivity contribution is 0.155. The highest BCUT2D eigenvalue weighted by Crippen LogP contribution is 2.40. The van der Waals surface area contributed by atoms with Crippen molar-refractivity contribution >= 4 is 16.4 Å². The molecule has 0 aromatic carbocycles. The van der Waals surface area contributed by atoms with Crippen LogP contribution in [0.15, 0.2) is 0 Å². The van der Waals surface area contributed by atoms with Crippen LogP contribution in [-0.4, -0.2) is 48.7 Å². The zero-order chi connectivity index (χ0) is 16.4. The van der Waals surface area contributed by atoms with Crippen molar-refractivity contribution in [2.45, 2.75) is 73.0 Å². The Bertz CT molecular complexity index is 298. The first-order valence-corrected chi connectivity index (χ1v) is 8.62. The molecule has 0 amide bonds. The molecule has 2 radical (unpaired) electrons. The van der Waals surface area contributed by atoms with E-state index in [4.69, 9.17) is 22.4 Å². The molecule has 1 heterocycles. The number of nitrogens with zero attached hydrogens (tertiary/aromatic N) is 2. The number of ether oxygens (including phenoxy) is 1. The first-order chi connectivity index (χ1) is 9.81. The lowest BCUT2D eigenvalue weighted by atomic mass is 9.89. The molecule has 1 N–H and O–H groups in total. The zero-order valence-corrected chi connectivity index (χ0v) is 14.7. The van der Waals surface area contributed by atoms with Gasteiger partial charge in [-0.05, 0) is 40.0 Å². The van der Waals surface area contributed by atoms with Gasteiger partial charge in [-0.3, -0.25) is 0 Å². The second-order valence-corrected chi connectivity index (χ2v) is 6.89. The minimum atomic E-state index is -1.55. The lowest BCUT2D eigenvalue weighted by Gasteiger charge is -2.32. The maximum absolute atomic E-state index is 9.74. The number of hydrogen-bond donors (Lipinski definition) is 1. The van der Waals surface area contributed by atoms with Gasteiger partial charge in [0.2, 0.25) is 0 Å². The molecule has 0 saturated carbocycles. The Kier molecular flexibility index (Phi) is 14.5. The van der Waals surface area contributed by atoms with Crippen molar-refractivity contribution in [3.8, 4) is 6.07 Å². The van der Waals surface area contributed by atoms with E-state index in [2.05, 4.69) is 6.92 Å². The molecular formula is C15H32BN2O3P. The molecule has 128 valence electrons. The molecule has 0 spiro atoms. The summed E-state index contributed by atoms with van der Waals surface area (Å²) in [6.45, 7) is 11.3. The van der Waals surface area contributed by atoms with Crippen molar-refractivity contribution in [3.05, 3.63) is 0 Å². The lowest BCUT2D eigenvalue weighted by Crippen LogP contribution is -2.32. The van der Waals surface area contributed by atoms with Gasteiger partial charge in [0.05, 0.1) is 19.1 Å². The number of rotatable bonds is 6. The van der Waals surface area contributed by atoms with Crippen LogP contribution in [0.3, 0.4) is 0 Å². The van der Waals surface area contributed by atoms with Crippen LogP contribution in [-0.2, 0) is 9.26 Å². The quantitative estimate of drug-likeness (QED) is 0.459. The summed E-state index contributed by atoms with van der Waals surface area (Å²) in [4.78, 5) is 9.74. The van der Waals surface area contributed by atoms with E-state index in [-0.39, 0.29) is 25.5 Å². The van der Waals surface area contributed by atoms with Crippen LogP contribution in [0, 0.1) is 17.2 Å². The Morgan fingerprint density at radius 1 is 1.41 bits per heavy atom. The summed E-state index contributed by atoms with van der Waals surface area (Å²) in [5, 5.41) is 8.32. The summed E-state index contributed by atoms with van der Waals surface area (Å²) in [5.74, 6) is 0.569. The van der Waals surface area contributed by atoms with Gasteiger partial charge in [-0.1, -0.05) is 14.4 Å². The zero-order valence-electron chi connectivity index (χ0n) is 13.8. The monoisotopic (exact) mass is 330 g/mol. The van der Waals surface area contributed by atoms with Gasteiger partial charge in [0.1, 0.15) is 7.85 Å². The van der Waals surface area contributed by atoms with E-state index in [0.29, 0.717) is 18.9 Å². The smallest absolute Gasteiger partial charge is 0.256 e. The molecule has 5 nitrogen and oxygen atoms in total. The van der Waals surface area contributed by atoms with E-state index in [0.717, 1.165) is 13.0 Å². The van der Waals surface area contributed by atoms with E-state index in [9.17, 15) is 4.89 Å². The Labute approximate surface area is 139 Å². The standard InChI is InChI=1S/C9H19N2O2P.C5H9BO.CH4/c1-8(2)11(9(3)4)14(12)13-7-5-6-10;1-4-2-3-7-5(4)6;/h8-9,12H,5,7H2,1-4H3;4-5H,2-3H2,1H3;1H4. The van der Waals surface area contributed by atoms with Crippen molar-refractivity contribution in [2.24, 2.45) is 5.92 Å². The largest absolute Gasteiger partial charge is 0.388 e. The van der Waals surface area contributed by atoms with Gasteiger partial charge in [-0.2, -0.15) is 5.26 Å². The molecule has 0 aliphatic carbocycles. The van der Waals surface area contributed by atoms with Crippen molar-refractivity contribution in [1.29, 1.82) is 5.26 Å². The average Bonchev–Trinajstić information content (AvgIpc) is 2.74. The van der Waals surface area contributed by atoms with E-state index < -0.39 is 8.53 Å². The average molecular weight is 330 g/mol.